The fourth-order valence-electron chi connectivity index (χ4n) is 6.05. The zero-order valence-corrected chi connectivity index (χ0v) is 20.6. The Morgan fingerprint density at radius 3 is 2.74 bits per heavy atom. The molecule has 2 heterocycles. The van der Waals surface area contributed by atoms with Gasteiger partial charge in [-0.05, 0) is 73.7 Å². The van der Waals surface area contributed by atoms with Crippen molar-refractivity contribution in [3.8, 4) is 5.75 Å². The maximum absolute atomic E-state index is 13.1. The number of tetrazole rings is 1. The van der Waals surface area contributed by atoms with Crippen molar-refractivity contribution in [1.82, 2.24) is 30.1 Å². The van der Waals surface area contributed by atoms with Crippen molar-refractivity contribution >= 4 is 10.9 Å². The number of rotatable bonds is 10. The molecule has 2 fully saturated rings. The lowest BCUT2D eigenvalue weighted by atomic mass is 9.92. The standard InChI is InChI=1S/C26H36N6O3/c1-2-35-22-10-11-23-19(17-22)16-20(24(34)27-23)18-31(14-7-15-33)26(12-5-6-13-26)25-28-29-30-32(25)21-8-3-4-9-21/h10-11,16-17,21,33H,2-9,12-15,18H2,1H3,(H,27,34). The average Bonchev–Trinajstić information content (AvgIpc) is 3.63. The molecule has 0 spiro atoms. The molecular formula is C26H36N6O3. The Morgan fingerprint density at radius 2 is 2.00 bits per heavy atom. The Bertz CT molecular complexity index is 1190. The van der Waals surface area contributed by atoms with Crippen LogP contribution < -0.4 is 10.3 Å². The second kappa shape index (κ2) is 10.5. The molecule has 9 nitrogen and oxygen atoms in total. The number of benzene rings is 1. The monoisotopic (exact) mass is 480 g/mol. The molecule has 2 aliphatic carbocycles. The first-order valence-corrected chi connectivity index (χ1v) is 13.1. The van der Waals surface area contributed by atoms with E-state index in [0.29, 0.717) is 37.7 Å². The highest BCUT2D eigenvalue weighted by Crippen LogP contribution is 2.45. The third-order valence-electron chi connectivity index (χ3n) is 7.77. The summed E-state index contributed by atoms with van der Waals surface area (Å²) in [5.74, 6) is 1.72. The number of hydrogen-bond donors (Lipinski definition) is 2. The number of hydrogen-bond acceptors (Lipinski definition) is 7. The summed E-state index contributed by atoms with van der Waals surface area (Å²) in [5, 5.41) is 23.8. The normalized spacial score (nSPS) is 18.1. The minimum atomic E-state index is -0.337. The van der Waals surface area contributed by atoms with Crippen LogP contribution >= 0.6 is 0 Å². The topological polar surface area (TPSA) is 109 Å². The molecule has 5 rings (SSSR count). The van der Waals surface area contributed by atoms with Gasteiger partial charge in [0.25, 0.3) is 5.56 Å². The number of nitrogens with one attached hydrogen (secondary N) is 1. The van der Waals surface area contributed by atoms with Crippen LogP contribution in [0.1, 0.15) is 82.1 Å². The smallest absolute Gasteiger partial charge is 0.252 e. The fraction of sp³-hybridized carbons (Fsp3) is 0.615. The minimum absolute atomic E-state index is 0.0841. The Balaban J connectivity index is 1.53. The number of nitrogens with zero attached hydrogens (tertiary/aromatic N) is 5. The third kappa shape index (κ3) is 4.71. The van der Waals surface area contributed by atoms with Crippen molar-refractivity contribution in [2.75, 3.05) is 19.8 Å². The Morgan fingerprint density at radius 1 is 1.20 bits per heavy atom. The molecule has 188 valence electrons. The van der Waals surface area contributed by atoms with E-state index in [0.717, 1.165) is 61.0 Å². The van der Waals surface area contributed by atoms with Gasteiger partial charge in [-0.15, -0.1) is 5.10 Å². The first-order valence-electron chi connectivity index (χ1n) is 13.1. The number of aromatic amines is 1. The molecule has 0 amide bonds. The average molecular weight is 481 g/mol. The molecule has 2 N–H and O–H groups in total. The van der Waals surface area contributed by atoms with Gasteiger partial charge in [0.15, 0.2) is 5.82 Å². The zero-order valence-electron chi connectivity index (χ0n) is 20.6. The van der Waals surface area contributed by atoms with Crippen LogP contribution in [0.15, 0.2) is 29.1 Å². The Kier molecular flexibility index (Phi) is 7.15. The summed E-state index contributed by atoms with van der Waals surface area (Å²) in [4.78, 5) is 18.5. The van der Waals surface area contributed by atoms with Gasteiger partial charge in [-0.25, -0.2) is 4.68 Å². The highest BCUT2D eigenvalue weighted by atomic mass is 16.5. The molecule has 2 aromatic heterocycles. The summed E-state index contributed by atoms with van der Waals surface area (Å²) in [6, 6.07) is 8.07. The molecule has 0 saturated heterocycles. The van der Waals surface area contributed by atoms with Gasteiger partial charge in [-0.2, -0.15) is 0 Å². The van der Waals surface area contributed by atoms with Crippen molar-refractivity contribution in [2.45, 2.75) is 82.8 Å². The van der Waals surface area contributed by atoms with Crippen LogP contribution in [0.5, 0.6) is 5.75 Å². The quantitative estimate of drug-likeness (QED) is 0.455. The molecule has 9 heteroatoms. The summed E-state index contributed by atoms with van der Waals surface area (Å²) < 4.78 is 7.74. The first kappa shape index (κ1) is 23.9. The van der Waals surface area contributed by atoms with Crippen LogP contribution in [-0.2, 0) is 12.1 Å². The van der Waals surface area contributed by atoms with Crippen LogP contribution in [0.4, 0.5) is 0 Å². The van der Waals surface area contributed by atoms with E-state index in [1.165, 1.54) is 12.8 Å². The number of aliphatic hydroxyl groups excluding tert-OH is 1. The van der Waals surface area contributed by atoms with Crippen molar-refractivity contribution in [3.63, 3.8) is 0 Å². The van der Waals surface area contributed by atoms with E-state index in [1.807, 2.05) is 31.2 Å². The second-order valence-electron chi connectivity index (χ2n) is 9.93. The van der Waals surface area contributed by atoms with Gasteiger partial charge in [0.05, 0.1) is 18.2 Å². The Hall–Kier alpha value is -2.78. The molecule has 35 heavy (non-hydrogen) atoms. The van der Waals surface area contributed by atoms with E-state index < -0.39 is 0 Å². The van der Waals surface area contributed by atoms with E-state index in [-0.39, 0.29) is 17.7 Å². The fourth-order valence-corrected chi connectivity index (χ4v) is 6.05. The molecule has 1 aromatic carbocycles. The first-order chi connectivity index (χ1) is 17.1. The van der Waals surface area contributed by atoms with Crippen LogP contribution in [-0.4, -0.2) is 55.0 Å². The lowest BCUT2D eigenvalue weighted by Crippen LogP contribution is -2.47. The number of ether oxygens (including phenoxy) is 1. The molecular weight excluding hydrogens is 444 g/mol. The highest BCUT2D eigenvalue weighted by molar-refractivity contribution is 5.80. The lowest BCUT2D eigenvalue weighted by Gasteiger charge is -2.40. The number of pyridine rings is 1. The van der Waals surface area contributed by atoms with E-state index in [2.05, 4.69) is 30.1 Å². The molecule has 0 unspecified atom stereocenters. The van der Waals surface area contributed by atoms with Gasteiger partial charge in [0.1, 0.15) is 5.75 Å². The molecule has 0 radical (unpaired) electrons. The maximum atomic E-state index is 13.1. The minimum Gasteiger partial charge on any atom is -0.494 e. The SMILES string of the molecule is CCOc1ccc2[nH]c(=O)c(CN(CCCO)C3(c4nnnn4C4CCCC4)CCCC3)cc2c1. The summed E-state index contributed by atoms with van der Waals surface area (Å²) in [7, 11) is 0. The van der Waals surface area contributed by atoms with Crippen LogP contribution in [0.3, 0.4) is 0 Å². The summed E-state index contributed by atoms with van der Waals surface area (Å²) in [5.41, 5.74) is 1.08. The van der Waals surface area contributed by atoms with Gasteiger partial charge < -0.3 is 14.8 Å². The van der Waals surface area contributed by atoms with Crippen LogP contribution in [0, 0.1) is 0 Å². The van der Waals surface area contributed by atoms with Crippen molar-refractivity contribution < 1.29 is 9.84 Å². The molecule has 0 bridgehead atoms. The second-order valence-corrected chi connectivity index (χ2v) is 9.93. The van der Waals surface area contributed by atoms with E-state index in [4.69, 9.17) is 4.74 Å². The molecule has 2 saturated carbocycles. The van der Waals surface area contributed by atoms with Crippen molar-refractivity contribution in [1.29, 1.82) is 0 Å². The summed E-state index contributed by atoms with van der Waals surface area (Å²) in [6.07, 6.45) is 9.36. The molecule has 2 aliphatic rings. The van der Waals surface area contributed by atoms with Crippen LogP contribution in [0.2, 0.25) is 0 Å². The Labute approximate surface area is 205 Å². The van der Waals surface area contributed by atoms with Gasteiger partial charge >= 0.3 is 0 Å². The van der Waals surface area contributed by atoms with Gasteiger partial charge in [0.2, 0.25) is 0 Å². The maximum Gasteiger partial charge on any atom is 0.252 e. The van der Waals surface area contributed by atoms with Crippen molar-refractivity contribution in [3.05, 3.63) is 46.0 Å². The number of aliphatic hydroxyl groups is 1. The summed E-state index contributed by atoms with van der Waals surface area (Å²) >= 11 is 0. The van der Waals surface area contributed by atoms with E-state index in [1.54, 1.807) is 0 Å². The van der Waals surface area contributed by atoms with Gasteiger partial charge in [-0.3, -0.25) is 9.69 Å². The molecule has 0 atom stereocenters. The largest absolute Gasteiger partial charge is 0.494 e. The number of aromatic nitrogens is 5. The predicted molar refractivity (Wildman–Crippen MR) is 133 cm³/mol. The zero-order chi connectivity index (χ0) is 24.3. The predicted octanol–water partition coefficient (Wildman–Crippen LogP) is 3.68. The van der Waals surface area contributed by atoms with E-state index in [9.17, 15) is 9.90 Å². The number of H-pyrrole nitrogens is 1. The molecule has 0 aliphatic heterocycles. The number of fused-ring (bicyclic) bond motifs is 1. The third-order valence-corrected chi connectivity index (χ3v) is 7.77. The van der Waals surface area contributed by atoms with Gasteiger partial charge in [0, 0.05) is 36.2 Å². The van der Waals surface area contributed by atoms with E-state index >= 15 is 0 Å². The van der Waals surface area contributed by atoms with Crippen LogP contribution in [0.25, 0.3) is 10.9 Å². The van der Waals surface area contributed by atoms with Gasteiger partial charge in [-0.1, -0.05) is 25.7 Å². The highest BCUT2D eigenvalue weighted by Gasteiger charge is 2.46. The van der Waals surface area contributed by atoms with Crippen molar-refractivity contribution in [2.24, 2.45) is 0 Å². The lowest BCUT2D eigenvalue weighted by molar-refractivity contribution is 0.0589. The summed E-state index contributed by atoms with van der Waals surface area (Å²) in [6.45, 7) is 3.80. The molecule has 3 aromatic rings.